The molecule has 1 aliphatic heterocycles. The fourth-order valence-electron chi connectivity index (χ4n) is 3.24. The lowest BCUT2D eigenvalue weighted by Gasteiger charge is -2.25. The first kappa shape index (κ1) is 14.8. The zero-order chi connectivity index (χ0) is 14.7. The Morgan fingerprint density at radius 1 is 1.30 bits per heavy atom. The number of nitrogens with zero attached hydrogens (tertiary/aromatic N) is 1. The van der Waals surface area contributed by atoms with Gasteiger partial charge in [-0.3, -0.25) is 14.4 Å². The summed E-state index contributed by atoms with van der Waals surface area (Å²) >= 11 is 0. The molecule has 1 heterocycles. The Hall–Kier alpha value is -1.59. The van der Waals surface area contributed by atoms with Crippen molar-refractivity contribution in [3.05, 3.63) is 0 Å². The lowest BCUT2D eigenvalue weighted by Crippen LogP contribution is -2.41. The maximum atomic E-state index is 12.6. The zero-order valence-electron chi connectivity index (χ0n) is 11.8. The number of hydrogen-bond acceptors (Lipinski definition) is 3. The number of amides is 2. The van der Waals surface area contributed by atoms with Crippen LogP contribution in [0, 0.1) is 17.8 Å². The molecule has 0 bridgehead atoms. The molecule has 2 amide bonds. The molecule has 0 aromatic rings. The maximum Gasteiger partial charge on any atom is 0.307 e. The predicted molar refractivity (Wildman–Crippen MR) is 71.8 cm³/mol. The van der Waals surface area contributed by atoms with Gasteiger partial charge in [0.25, 0.3) is 0 Å². The highest BCUT2D eigenvalue weighted by Gasteiger charge is 2.43. The monoisotopic (exact) mass is 282 g/mol. The van der Waals surface area contributed by atoms with Crippen molar-refractivity contribution in [1.82, 2.24) is 10.2 Å². The summed E-state index contributed by atoms with van der Waals surface area (Å²) < 4.78 is 0. The highest BCUT2D eigenvalue weighted by Crippen LogP contribution is 2.39. The van der Waals surface area contributed by atoms with Crippen LogP contribution in [0.4, 0.5) is 0 Å². The Labute approximate surface area is 118 Å². The van der Waals surface area contributed by atoms with Gasteiger partial charge in [-0.15, -0.1) is 0 Å². The van der Waals surface area contributed by atoms with Crippen molar-refractivity contribution in [3.8, 4) is 0 Å². The van der Waals surface area contributed by atoms with E-state index in [9.17, 15) is 19.5 Å². The van der Waals surface area contributed by atoms with E-state index in [0.717, 1.165) is 6.42 Å². The van der Waals surface area contributed by atoms with E-state index in [1.807, 2.05) is 6.92 Å². The molecular formula is C14H22N2O4. The molecule has 2 N–H and O–H groups in total. The minimum absolute atomic E-state index is 0.0482. The van der Waals surface area contributed by atoms with Crippen LogP contribution in [0.15, 0.2) is 0 Å². The second-order valence-corrected chi connectivity index (χ2v) is 5.72. The molecule has 20 heavy (non-hydrogen) atoms. The molecule has 6 heteroatoms. The summed E-state index contributed by atoms with van der Waals surface area (Å²) in [5, 5.41) is 12.0. The van der Waals surface area contributed by atoms with Gasteiger partial charge in [0.05, 0.1) is 11.8 Å². The van der Waals surface area contributed by atoms with Crippen molar-refractivity contribution in [2.45, 2.75) is 32.6 Å². The summed E-state index contributed by atoms with van der Waals surface area (Å²) in [6.45, 7) is 3.35. The summed E-state index contributed by atoms with van der Waals surface area (Å²) in [5.41, 5.74) is 0. The molecule has 2 rings (SSSR count). The van der Waals surface area contributed by atoms with Gasteiger partial charge >= 0.3 is 5.97 Å². The number of carbonyl (C=O) groups is 3. The van der Waals surface area contributed by atoms with Gasteiger partial charge in [-0.2, -0.15) is 0 Å². The molecule has 0 aromatic heterocycles. The quantitative estimate of drug-likeness (QED) is 0.788. The van der Waals surface area contributed by atoms with E-state index >= 15 is 0 Å². The average Bonchev–Trinajstić information content (AvgIpc) is 2.75. The van der Waals surface area contributed by atoms with Crippen molar-refractivity contribution >= 4 is 17.8 Å². The average molecular weight is 282 g/mol. The van der Waals surface area contributed by atoms with Crippen molar-refractivity contribution in [2.75, 3.05) is 19.6 Å². The van der Waals surface area contributed by atoms with Crippen LogP contribution in [0.5, 0.6) is 0 Å². The third-order valence-corrected chi connectivity index (χ3v) is 4.50. The number of hydrogen-bond donors (Lipinski definition) is 2. The molecule has 112 valence electrons. The Kier molecular flexibility index (Phi) is 4.62. The molecule has 1 saturated carbocycles. The number of carboxylic acids is 1. The van der Waals surface area contributed by atoms with Crippen LogP contribution in [-0.2, 0) is 14.4 Å². The van der Waals surface area contributed by atoms with Gasteiger partial charge in [-0.1, -0.05) is 13.3 Å². The fraction of sp³-hybridized carbons (Fsp3) is 0.786. The van der Waals surface area contributed by atoms with Gasteiger partial charge < -0.3 is 15.3 Å². The smallest absolute Gasteiger partial charge is 0.307 e. The lowest BCUT2D eigenvalue weighted by atomic mass is 9.94. The third kappa shape index (κ3) is 3.11. The highest BCUT2D eigenvalue weighted by atomic mass is 16.4. The highest BCUT2D eigenvalue weighted by molar-refractivity contribution is 5.86. The Morgan fingerprint density at radius 3 is 2.65 bits per heavy atom. The van der Waals surface area contributed by atoms with Crippen LogP contribution in [-0.4, -0.2) is 47.4 Å². The minimum atomic E-state index is -0.872. The fourth-order valence-corrected chi connectivity index (χ4v) is 3.24. The molecule has 3 atom stereocenters. The molecule has 1 saturated heterocycles. The number of aliphatic carboxylic acids is 1. The van der Waals surface area contributed by atoms with Crippen molar-refractivity contribution < 1.29 is 19.5 Å². The molecular weight excluding hydrogens is 260 g/mol. The predicted octanol–water partition coefficient (Wildman–Crippen LogP) is 0.472. The van der Waals surface area contributed by atoms with Crippen molar-refractivity contribution in [3.63, 3.8) is 0 Å². The summed E-state index contributed by atoms with van der Waals surface area (Å²) in [6, 6.07) is 0. The topological polar surface area (TPSA) is 86.7 Å². The largest absolute Gasteiger partial charge is 0.481 e. The summed E-state index contributed by atoms with van der Waals surface area (Å²) in [5.74, 6) is -1.69. The van der Waals surface area contributed by atoms with Crippen molar-refractivity contribution in [1.29, 1.82) is 0 Å². The molecule has 1 aliphatic carbocycles. The molecule has 0 radical (unpaired) electrons. The van der Waals surface area contributed by atoms with E-state index in [-0.39, 0.29) is 11.8 Å². The minimum Gasteiger partial charge on any atom is -0.481 e. The number of carbonyl (C=O) groups excluding carboxylic acids is 2. The van der Waals surface area contributed by atoms with E-state index in [0.29, 0.717) is 44.8 Å². The normalized spacial score (nSPS) is 30.8. The Balaban J connectivity index is 2.06. The summed E-state index contributed by atoms with van der Waals surface area (Å²) in [7, 11) is 0. The van der Waals surface area contributed by atoms with Gasteiger partial charge in [0, 0.05) is 26.1 Å². The molecule has 2 aliphatic rings. The van der Waals surface area contributed by atoms with Gasteiger partial charge in [0.1, 0.15) is 0 Å². The van der Waals surface area contributed by atoms with Crippen LogP contribution >= 0.6 is 0 Å². The summed E-state index contributed by atoms with van der Waals surface area (Å²) in [6.07, 6.45) is 2.46. The van der Waals surface area contributed by atoms with Crippen LogP contribution in [0.25, 0.3) is 0 Å². The van der Waals surface area contributed by atoms with E-state index < -0.39 is 17.8 Å². The third-order valence-electron chi connectivity index (χ3n) is 4.50. The maximum absolute atomic E-state index is 12.6. The first-order valence-corrected chi connectivity index (χ1v) is 7.31. The molecule has 6 nitrogen and oxygen atoms in total. The second-order valence-electron chi connectivity index (χ2n) is 5.72. The van der Waals surface area contributed by atoms with Gasteiger partial charge in [0.2, 0.25) is 11.8 Å². The second kappa shape index (κ2) is 6.24. The SMILES string of the molecule is CCC1CC(C(=O)O)C(C(=O)N2CCNC(=O)CC2)C1. The van der Waals surface area contributed by atoms with Crippen LogP contribution in [0.2, 0.25) is 0 Å². The Morgan fingerprint density at radius 2 is 2.00 bits per heavy atom. The van der Waals surface area contributed by atoms with Gasteiger partial charge in [-0.25, -0.2) is 0 Å². The molecule has 0 spiro atoms. The number of carboxylic acid groups (broad SMARTS) is 1. The van der Waals surface area contributed by atoms with Gasteiger partial charge in [0.15, 0.2) is 0 Å². The number of rotatable bonds is 3. The van der Waals surface area contributed by atoms with E-state index in [1.54, 1.807) is 4.90 Å². The first-order valence-electron chi connectivity index (χ1n) is 7.31. The molecule has 0 aromatic carbocycles. The van der Waals surface area contributed by atoms with E-state index in [1.165, 1.54) is 0 Å². The Bertz CT molecular complexity index is 410. The molecule has 2 fully saturated rings. The van der Waals surface area contributed by atoms with Crippen LogP contribution in [0.3, 0.4) is 0 Å². The van der Waals surface area contributed by atoms with E-state index in [4.69, 9.17) is 0 Å². The zero-order valence-corrected chi connectivity index (χ0v) is 11.8. The van der Waals surface area contributed by atoms with Gasteiger partial charge in [-0.05, 0) is 18.8 Å². The number of nitrogens with one attached hydrogen (secondary N) is 1. The van der Waals surface area contributed by atoms with E-state index in [2.05, 4.69) is 5.32 Å². The van der Waals surface area contributed by atoms with Crippen LogP contribution < -0.4 is 5.32 Å². The molecule has 3 unspecified atom stereocenters. The van der Waals surface area contributed by atoms with Crippen LogP contribution in [0.1, 0.15) is 32.6 Å². The standard InChI is InChI=1S/C14H22N2O4/c1-2-9-7-10(11(8-9)14(19)20)13(18)16-5-3-12(17)15-4-6-16/h9-11H,2-8H2,1H3,(H,15,17)(H,19,20). The summed E-state index contributed by atoms with van der Waals surface area (Å²) in [4.78, 5) is 36.9. The first-order chi connectivity index (χ1) is 9.52. The van der Waals surface area contributed by atoms with Crippen molar-refractivity contribution in [2.24, 2.45) is 17.8 Å². The lowest BCUT2D eigenvalue weighted by molar-refractivity contribution is -0.149.